The van der Waals surface area contributed by atoms with Crippen molar-refractivity contribution in [2.24, 2.45) is 4.99 Å². The molecule has 2 aromatic carbocycles. The molecule has 1 aliphatic rings. The van der Waals surface area contributed by atoms with Crippen LogP contribution >= 0.6 is 11.3 Å². The quantitative estimate of drug-likeness (QED) is 0.577. The van der Waals surface area contributed by atoms with Gasteiger partial charge in [-0.3, -0.25) is 9.59 Å². The summed E-state index contributed by atoms with van der Waals surface area (Å²) >= 11 is 0.914. The summed E-state index contributed by atoms with van der Waals surface area (Å²) in [5, 5.41) is 0. The second kappa shape index (κ2) is 8.23. The Balaban J connectivity index is 1.71. The van der Waals surface area contributed by atoms with Crippen molar-refractivity contribution in [1.29, 1.82) is 0 Å². The van der Waals surface area contributed by atoms with Crippen LogP contribution < -0.4 is 14.3 Å². The first kappa shape index (κ1) is 20.0. The minimum absolute atomic E-state index is 0.0101. The van der Waals surface area contributed by atoms with Gasteiger partial charge in [-0.2, -0.15) is 4.99 Å². The van der Waals surface area contributed by atoms with E-state index in [2.05, 4.69) is 4.99 Å². The molecule has 0 unspecified atom stereocenters. The number of halogens is 2. The van der Waals surface area contributed by atoms with Gasteiger partial charge in [0, 0.05) is 6.07 Å². The highest BCUT2D eigenvalue weighted by Crippen LogP contribution is 2.32. The minimum Gasteiger partial charge on any atom is -0.465 e. The molecule has 1 aromatic heterocycles. The summed E-state index contributed by atoms with van der Waals surface area (Å²) < 4.78 is 44.9. The van der Waals surface area contributed by atoms with Crippen molar-refractivity contribution < 1.29 is 32.6 Å². The van der Waals surface area contributed by atoms with Crippen LogP contribution in [0.4, 0.5) is 8.78 Å². The Labute approximate surface area is 173 Å². The summed E-state index contributed by atoms with van der Waals surface area (Å²) in [6.07, 6.45) is -0.0405. The normalized spacial score (nSPS) is 13.1. The Hall–Kier alpha value is -3.27. The van der Waals surface area contributed by atoms with Crippen LogP contribution in [0, 0.1) is 11.6 Å². The number of hydrogen-bond donors (Lipinski definition) is 0. The summed E-state index contributed by atoms with van der Waals surface area (Å²) in [6, 6.07) is 6.94. The van der Waals surface area contributed by atoms with Crippen molar-refractivity contribution in [3.05, 3.63) is 52.3 Å². The molecule has 2 heterocycles. The third-order valence-corrected chi connectivity index (χ3v) is 5.33. The maximum Gasteiger partial charge on any atom is 0.326 e. The number of benzene rings is 2. The molecule has 3 aromatic rings. The average molecular weight is 434 g/mol. The van der Waals surface area contributed by atoms with Crippen LogP contribution in [0.1, 0.15) is 12.5 Å². The molecule has 0 saturated carbocycles. The number of fused-ring (bicyclic) bond motifs is 2. The van der Waals surface area contributed by atoms with Gasteiger partial charge in [0.2, 0.25) is 6.79 Å². The summed E-state index contributed by atoms with van der Waals surface area (Å²) in [6.45, 7) is 1.56. The fourth-order valence-corrected chi connectivity index (χ4v) is 4.15. The van der Waals surface area contributed by atoms with E-state index in [4.69, 9.17) is 14.2 Å². The van der Waals surface area contributed by atoms with Crippen LogP contribution in [0.25, 0.3) is 10.2 Å². The summed E-state index contributed by atoms with van der Waals surface area (Å²) in [4.78, 5) is 28.6. The van der Waals surface area contributed by atoms with Gasteiger partial charge in [-0.05, 0) is 30.7 Å². The van der Waals surface area contributed by atoms with E-state index in [9.17, 15) is 18.4 Å². The first-order valence-corrected chi connectivity index (χ1v) is 9.86. The molecule has 0 fully saturated rings. The molecule has 0 saturated heterocycles. The molecule has 0 bridgehead atoms. The van der Waals surface area contributed by atoms with Crippen molar-refractivity contribution in [1.82, 2.24) is 4.57 Å². The molecule has 0 spiro atoms. The molecule has 156 valence electrons. The lowest BCUT2D eigenvalue weighted by atomic mass is 10.1. The Morgan fingerprint density at radius 3 is 2.80 bits per heavy atom. The van der Waals surface area contributed by atoms with Gasteiger partial charge in [-0.15, -0.1) is 0 Å². The van der Waals surface area contributed by atoms with Crippen molar-refractivity contribution >= 4 is 33.4 Å². The summed E-state index contributed by atoms with van der Waals surface area (Å²) in [5.74, 6) is -1.61. The fourth-order valence-electron chi connectivity index (χ4n) is 3.07. The summed E-state index contributed by atoms with van der Waals surface area (Å²) in [7, 11) is 0. The molecule has 7 nitrogen and oxygen atoms in total. The van der Waals surface area contributed by atoms with E-state index < -0.39 is 23.5 Å². The topological polar surface area (TPSA) is 79.1 Å². The van der Waals surface area contributed by atoms with Crippen molar-refractivity contribution in [3.63, 3.8) is 0 Å². The largest absolute Gasteiger partial charge is 0.465 e. The number of carbonyl (C=O) groups is 2. The van der Waals surface area contributed by atoms with E-state index in [-0.39, 0.29) is 41.4 Å². The Bertz CT molecular complexity index is 1220. The molecular weight excluding hydrogens is 418 g/mol. The lowest BCUT2D eigenvalue weighted by Crippen LogP contribution is -2.23. The first-order chi connectivity index (χ1) is 14.4. The van der Waals surface area contributed by atoms with E-state index in [1.54, 1.807) is 25.1 Å². The zero-order valence-electron chi connectivity index (χ0n) is 15.8. The smallest absolute Gasteiger partial charge is 0.326 e. The highest BCUT2D eigenvalue weighted by molar-refractivity contribution is 7.16. The molecular formula is C20H16F2N2O5S. The number of aromatic nitrogens is 1. The lowest BCUT2D eigenvalue weighted by Gasteiger charge is -2.06. The van der Waals surface area contributed by atoms with Gasteiger partial charge in [-0.25, -0.2) is 8.78 Å². The number of thiazole rings is 1. The molecule has 0 radical (unpaired) electrons. The second-order valence-electron chi connectivity index (χ2n) is 6.38. The monoisotopic (exact) mass is 434 g/mol. The number of amides is 1. The Morgan fingerprint density at radius 2 is 2.00 bits per heavy atom. The molecule has 0 aliphatic carbocycles. The van der Waals surface area contributed by atoms with Gasteiger partial charge >= 0.3 is 5.97 Å². The number of hydrogen-bond acceptors (Lipinski definition) is 6. The summed E-state index contributed by atoms with van der Waals surface area (Å²) in [5.41, 5.74) is 0.646. The van der Waals surface area contributed by atoms with Crippen molar-refractivity contribution in [2.75, 3.05) is 13.4 Å². The molecule has 0 atom stereocenters. The van der Waals surface area contributed by atoms with Crippen LogP contribution in [0.3, 0.4) is 0 Å². The predicted octanol–water partition coefficient (Wildman–Crippen LogP) is 2.94. The number of ether oxygens (including phenoxy) is 3. The van der Waals surface area contributed by atoms with E-state index in [1.165, 1.54) is 4.57 Å². The highest BCUT2D eigenvalue weighted by atomic mass is 32.1. The maximum absolute atomic E-state index is 14.4. The van der Waals surface area contributed by atoms with Crippen LogP contribution in [0.5, 0.6) is 11.5 Å². The molecule has 0 N–H and O–H groups in total. The first-order valence-electron chi connectivity index (χ1n) is 9.04. The predicted molar refractivity (Wildman–Crippen MR) is 103 cm³/mol. The molecule has 1 aliphatic heterocycles. The number of rotatable bonds is 5. The zero-order valence-corrected chi connectivity index (χ0v) is 16.6. The van der Waals surface area contributed by atoms with Gasteiger partial charge < -0.3 is 18.8 Å². The van der Waals surface area contributed by atoms with Gasteiger partial charge in [0.1, 0.15) is 12.4 Å². The fraction of sp³-hybridized carbons (Fsp3) is 0.250. The van der Waals surface area contributed by atoms with Crippen LogP contribution in [-0.2, 0) is 27.3 Å². The third-order valence-electron chi connectivity index (χ3n) is 4.30. The van der Waals surface area contributed by atoms with E-state index in [0.29, 0.717) is 17.1 Å². The second-order valence-corrected chi connectivity index (χ2v) is 7.39. The molecule has 30 heavy (non-hydrogen) atoms. The van der Waals surface area contributed by atoms with Gasteiger partial charge in [-0.1, -0.05) is 17.4 Å². The van der Waals surface area contributed by atoms with Gasteiger partial charge in [0.05, 0.1) is 23.2 Å². The maximum atomic E-state index is 14.4. The van der Waals surface area contributed by atoms with E-state index in [0.717, 1.165) is 23.5 Å². The van der Waals surface area contributed by atoms with E-state index >= 15 is 0 Å². The molecule has 1 amide bonds. The van der Waals surface area contributed by atoms with Gasteiger partial charge in [0.15, 0.2) is 22.1 Å². The number of esters is 1. The standard InChI is InChI=1S/C20H16F2N2O5S/c1-2-27-18(26)9-24-19-13(22)7-12(21)8-16(19)30-20(24)23-17(25)6-11-3-4-14-15(5-11)29-10-28-14/h3-5,7-8H,2,6,9-10H2,1H3. The Morgan fingerprint density at radius 1 is 1.20 bits per heavy atom. The molecule has 10 heteroatoms. The average Bonchev–Trinajstić information content (AvgIpc) is 3.26. The zero-order chi connectivity index (χ0) is 21.3. The van der Waals surface area contributed by atoms with E-state index in [1.807, 2.05) is 0 Å². The van der Waals surface area contributed by atoms with Crippen LogP contribution in [0.2, 0.25) is 0 Å². The molecule has 4 rings (SSSR count). The number of nitrogens with zero attached hydrogens (tertiary/aromatic N) is 2. The number of carbonyl (C=O) groups excluding carboxylic acids is 2. The van der Waals surface area contributed by atoms with Crippen LogP contribution in [-0.4, -0.2) is 29.8 Å². The highest BCUT2D eigenvalue weighted by Gasteiger charge is 2.18. The lowest BCUT2D eigenvalue weighted by molar-refractivity contribution is -0.143. The van der Waals surface area contributed by atoms with Crippen molar-refractivity contribution in [3.8, 4) is 11.5 Å². The Kier molecular flexibility index (Phi) is 5.49. The van der Waals surface area contributed by atoms with Gasteiger partial charge in [0.25, 0.3) is 5.91 Å². The third kappa shape index (κ3) is 4.04. The van der Waals surface area contributed by atoms with Crippen LogP contribution in [0.15, 0.2) is 35.3 Å². The minimum atomic E-state index is -0.852. The SMILES string of the molecule is CCOC(=O)Cn1c(=NC(=O)Cc2ccc3c(c2)OCO3)sc2cc(F)cc(F)c21. The van der Waals surface area contributed by atoms with Crippen molar-refractivity contribution in [2.45, 2.75) is 19.9 Å².